The average Bonchev–Trinajstić information content (AvgIpc) is 2.24. The Morgan fingerprint density at radius 3 is 2.67 bits per heavy atom. The van der Waals surface area contributed by atoms with Crippen LogP contribution in [0.3, 0.4) is 0 Å². The summed E-state index contributed by atoms with van der Waals surface area (Å²) < 4.78 is 0. The van der Waals surface area contributed by atoms with Crippen LogP contribution in [0.2, 0.25) is 10.0 Å². The van der Waals surface area contributed by atoms with Crippen molar-refractivity contribution >= 4 is 39.1 Å². The number of nitrogens with zero attached hydrogens (tertiary/aromatic N) is 1. The van der Waals surface area contributed by atoms with Gasteiger partial charge in [0.1, 0.15) is 0 Å². The summed E-state index contributed by atoms with van der Waals surface area (Å²) in [6, 6.07) is 5.77. The second-order valence-corrected chi connectivity index (χ2v) is 4.85. The number of rotatable bonds is 5. The fourth-order valence-electron chi connectivity index (χ4n) is 1.38. The third-order valence-electron chi connectivity index (χ3n) is 2.27. The van der Waals surface area contributed by atoms with Gasteiger partial charge in [0.25, 0.3) is 0 Å². The lowest BCUT2D eigenvalue weighted by Gasteiger charge is -2.19. The molecular formula is C11H14BrCl2N. The van der Waals surface area contributed by atoms with Gasteiger partial charge in [-0.2, -0.15) is 0 Å². The first-order valence-corrected chi connectivity index (χ1v) is 6.78. The van der Waals surface area contributed by atoms with Crippen LogP contribution in [0, 0.1) is 0 Å². The van der Waals surface area contributed by atoms with E-state index in [1.807, 2.05) is 18.2 Å². The quantitative estimate of drug-likeness (QED) is 0.736. The number of alkyl halides is 1. The Kier molecular flexibility index (Phi) is 5.98. The highest BCUT2D eigenvalue weighted by Crippen LogP contribution is 2.26. The molecular weight excluding hydrogens is 297 g/mol. The maximum absolute atomic E-state index is 6.12. The highest BCUT2D eigenvalue weighted by molar-refractivity contribution is 9.09. The molecule has 0 atom stereocenters. The van der Waals surface area contributed by atoms with Gasteiger partial charge in [0, 0.05) is 18.4 Å². The Labute approximate surface area is 109 Å². The van der Waals surface area contributed by atoms with E-state index in [4.69, 9.17) is 23.2 Å². The van der Waals surface area contributed by atoms with Gasteiger partial charge in [-0.15, -0.1) is 0 Å². The summed E-state index contributed by atoms with van der Waals surface area (Å²) in [5, 5.41) is 2.27. The molecule has 0 unspecified atom stereocenters. The van der Waals surface area contributed by atoms with Crippen molar-refractivity contribution in [1.29, 1.82) is 0 Å². The van der Waals surface area contributed by atoms with Crippen molar-refractivity contribution < 1.29 is 0 Å². The van der Waals surface area contributed by atoms with Gasteiger partial charge in [0.15, 0.2) is 0 Å². The predicted octanol–water partition coefficient (Wildman–Crippen LogP) is 4.21. The van der Waals surface area contributed by atoms with E-state index in [0.29, 0.717) is 10.0 Å². The lowest BCUT2D eigenvalue weighted by Crippen LogP contribution is -2.24. The van der Waals surface area contributed by atoms with Crippen LogP contribution in [0.15, 0.2) is 18.2 Å². The molecule has 0 aromatic heterocycles. The van der Waals surface area contributed by atoms with Crippen molar-refractivity contribution in [3.63, 3.8) is 0 Å². The zero-order valence-electron chi connectivity index (χ0n) is 8.64. The first-order chi connectivity index (χ1) is 7.19. The highest BCUT2D eigenvalue weighted by Gasteiger charge is 2.08. The van der Waals surface area contributed by atoms with Crippen molar-refractivity contribution in [3.05, 3.63) is 33.8 Å². The van der Waals surface area contributed by atoms with Gasteiger partial charge < -0.3 is 0 Å². The van der Waals surface area contributed by atoms with Crippen molar-refractivity contribution in [2.45, 2.75) is 13.5 Å². The maximum atomic E-state index is 6.12. The fraction of sp³-hybridized carbons (Fsp3) is 0.455. The number of halogens is 3. The molecule has 4 heteroatoms. The van der Waals surface area contributed by atoms with Crippen LogP contribution in [0.4, 0.5) is 0 Å². The molecule has 1 aromatic rings. The zero-order chi connectivity index (χ0) is 11.3. The van der Waals surface area contributed by atoms with E-state index < -0.39 is 0 Å². The maximum Gasteiger partial charge on any atom is 0.0637 e. The third-order valence-corrected chi connectivity index (χ3v) is 3.49. The van der Waals surface area contributed by atoms with Gasteiger partial charge in [-0.25, -0.2) is 0 Å². The van der Waals surface area contributed by atoms with Gasteiger partial charge in [-0.05, 0) is 18.2 Å². The summed E-state index contributed by atoms with van der Waals surface area (Å²) in [7, 11) is 0. The molecule has 0 fully saturated rings. The van der Waals surface area contributed by atoms with Gasteiger partial charge in [-0.1, -0.05) is 58.2 Å². The van der Waals surface area contributed by atoms with E-state index in [0.717, 1.165) is 30.5 Å². The molecule has 0 aliphatic rings. The number of hydrogen-bond acceptors (Lipinski definition) is 1. The van der Waals surface area contributed by atoms with E-state index in [1.54, 1.807) is 0 Å². The fourth-order valence-corrected chi connectivity index (χ4v) is 2.26. The van der Waals surface area contributed by atoms with Crippen LogP contribution in [0.25, 0.3) is 0 Å². The molecule has 0 N–H and O–H groups in total. The molecule has 1 nitrogen and oxygen atoms in total. The molecule has 1 rings (SSSR count). The first-order valence-electron chi connectivity index (χ1n) is 4.90. The van der Waals surface area contributed by atoms with E-state index in [9.17, 15) is 0 Å². The van der Waals surface area contributed by atoms with Crippen molar-refractivity contribution in [1.82, 2.24) is 4.90 Å². The number of hydrogen-bond donors (Lipinski definition) is 0. The van der Waals surface area contributed by atoms with Gasteiger partial charge >= 0.3 is 0 Å². The van der Waals surface area contributed by atoms with E-state index in [-0.39, 0.29) is 0 Å². The van der Waals surface area contributed by atoms with Gasteiger partial charge in [0.05, 0.1) is 10.0 Å². The Morgan fingerprint density at radius 1 is 1.33 bits per heavy atom. The topological polar surface area (TPSA) is 3.24 Å². The summed E-state index contributed by atoms with van der Waals surface area (Å²) >= 11 is 15.5. The molecule has 0 radical (unpaired) electrons. The molecule has 0 aliphatic heterocycles. The molecule has 0 heterocycles. The third kappa shape index (κ3) is 3.95. The Balaban J connectivity index is 2.74. The minimum Gasteiger partial charge on any atom is -0.298 e. The summed E-state index contributed by atoms with van der Waals surface area (Å²) in [6.45, 7) is 5.01. The normalized spacial score (nSPS) is 11.0. The van der Waals surface area contributed by atoms with E-state index >= 15 is 0 Å². The smallest absolute Gasteiger partial charge is 0.0637 e. The molecule has 0 amide bonds. The van der Waals surface area contributed by atoms with Crippen LogP contribution < -0.4 is 0 Å². The van der Waals surface area contributed by atoms with Gasteiger partial charge in [0.2, 0.25) is 0 Å². The molecule has 1 aromatic carbocycles. The van der Waals surface area contributed by atoms with Crippen LogP contribution in [-0.2, 0) is 6.54 Å². The minimum absolute atomic E-state index is 0.629. The van der Waals surface area contributed by atoms with Crippen LogP contribution >= 0.6 is 39.1 Å². The Hall–Kier alpha value is 0.240. The predicted molar refractivity (Wildman–Crippen MR) is 71.2 cm³/mol. The summed E-state index contributed by atoms with van der Waals surface area (Å²) in [5.41, 5.74) is 1.09. The summed E-state index contributed by atoms with van der Waals surface area (Å²) in [6.07, 6.45) is 0. The minimum atomic E-state index is 0.629. The molecule has 0 saturated heterocycles. The van der Waals surface area contributed by atoms with Crippen molar-refractivity contribution in [2.24, 2.45) is 0 Å². The molecule has 0 saturated carbocycles. The average molecular weight is 311 g/mol. The summed E-state index contributed by atoms with van der Waals surface area (Å²) in [5.74, 6) is 0. The molecule has 15 heavy (non-hydrogen) atoms. The second kappa shape index (κ2) is 6.74. The monoisotopic (exact) mass is 309 g/mol. The van der Waals surface area contributed by atoms with Crippen LogP contribution in [-0.4, -0.2) is 23.3 Å². The SMILES string of the molecule is CCN(CCBr)Cc1cccc(Cl)c1Cl. The zero-order valence-corrected chi connectivity index (χ0v) is 11.7. The molecule has 0 aliphatic carbocycles. The van der Waals surface area contributed by atoms with Crippen LogP contribution in [0.5, 0.6) is 0 Å². The van der Waals surface area contributed by atoms with E-state index in [1.165, 1.54) is 0 Å². The summed E-state index contributed by atoms with van der Waals surface area (Å²) in [4.78, 5) is 2.31. The standard InChI is InChI=1S/C11H14BrCl2N/c1-2-15(7-6-12)8-9-4-3-5-10(13)11(9)14/h3-5H,2,6-8H2,1H3. The van der Waals surface area contributed by atoms with E-state index in [2.05, 4.69) is 27.8 Å². The molecule has 84 valence electrons. The van der Waals surface area contributed by atoms with Crippen LogP contribution in [0.1, 0.15) is 12.5 Å². The Bertz CT molecular complexity index is 317. The molecule has 0 spiro atoms. The second-order valence-electron chi connectivity index (χ2n) is 3.27. The number of benzene rings is 1. The lowest BCUT2D eigenvalue weighted by atomic mass is 10.2. The molecule has 0 bridgehead atoms. The van der Waals surface area contributed by atoms with Crippen molar-refractivity contribution in [3.8, 4) is 0 Å². The lowest BCUT2D eigenvalue weighted by molar-refractivity contribution is 0.299. The Morgan fingerprint density at radius 2 is 2.07 bits per heavy atom. The van der Waals surface area contributed by atoms with Gasteiger partial charge in [-0.3, -0.25) is 4.90 Å². The van der Waals surface area contributed by atoms with Crippen molar-refractivity contribution in [2.75, 3.05) is 18.4 Å². The first kappa shape index (κ1) is 13.3. The highest BCUT2D eigenvalue weighted by atomic mass is 79.9. The largest absolute Gasteiger partial charge is 0.298 e.